The van der Waals surface area contributed by atoms with Crippen LogP contribution in [0, 0.1) is 6.92 Å². The van der Waals surface area contributed by atoms with Gasteiger partial charge in [0.2, 0.25) is 0 Å². The number of aromatic nitrogens is 3. The molecule has 0 aliphatic carbocycles. The maximum atomic E-state index is 12.1. The number of hydrogen-bond donors (Lipinski definition) is 1. The Labute approximate surface area is 139 Å². The minimum Gasteiger partial charge on any atom is -0.367 e. The standard InChI is InChI=1S/C16H20N4O2S/c1-11-13(23-10-20-11)14(21)17-7-12-8-18-15(19-9-12)16(2)5-3-4-6-22-16/h8-10H,3-7H2,1-2H3,(H,17,21)/t16-/m0/s1. The van der Waals surface area contributed by atoms with Gasteiger partial charge in [0.25, 0.3) is 5.91 Å². The topological polar surface area (TPSA) is 77.0 Å². The molecule has 7 heteroatoms. The Bertz CT molecular complexity index is 678. The molecule has 1 N–H and O–H groups in total. The van der Waals surface area contributed by atoms with Crippen LogP contribution in [0.15, 0.2) is 17.9 Å². The maximum Gasteiger partial charge on any atom is 0.263 e. The fourth-order valence-corrected chi connectivity index (χ4v) is 3.33. The molecule has 0 unspecified atom stereocenters. The molecule has 0 saturated carbocycles. The average molecular weight is 332 g/mol. The van der Waals surface area contributed by atoms with E-state index < -0.39 is 0 Å². The fraction of sp³-hybridized carbons (Fsp3) is 0.500. The Morgan fingerprint density at radius 3 is 2.74 bits per heavy atom. The molecule has 2 aromatic heterocycles. The van der Waals surface area contributed by atoms with Gasteiger partial charge in [0.15, 0.2) is 5.82 Å². The van der Waals surface area contributed by atoms with Gasteiger partial charge in [-0.2, -0.15) is 0 Å². The van der Waals surface area contributed by atoms with Crippen molar-refractivity contribution < 1.29 is 9.53 Å². The van der Waals surface area contributed by atoms with Crippen LogP contribution in [0.1, 0.15) is 52.9 Å². The van der Waals surface area contributed by atoms with Crippen molar-refractivity contribution in [2.24, 2.45) is 0 Å². The molecule has 1 atom stereocenters. The van der Waals surface area contributed by atoms with E-state index in [1.807, 2.05) is 13.8 Å². The first-order valence-corrected chi connectivity index (χ1v) is 8.60. The lowest BCUT2D eigenvalue weighted by atomic mass is 9.95. The predicted molar refractivity (Wildman–Crippen MR) is 87.2 cm³/mol. The largest absolute Gasteiger partial charge is 0.367 e. The molecule has 0 bridgehead atoms. The quantitative estimate of drug-likeness (QED) is 0.931. The molecule has 1 saturated heterocycles. The smallest absolute Gasteiger partial charge is 0.263 e. The van der Waals surface area contributed by atoms with Gasteiger partial charge in [-0.15, -0.1) is 11.3 Å². The second kappa shape index (κ2) is 6.72. The number of ether oxygens (including phenoxy) is 1. The number of aryl methyl sites for hydroxylation is 1. The minimum absolute atomic E-state index is 0.114. The van der Waals surface area contributed by atoms with E-state index in [2.05, 4.69) is 20.3 Å². The number of rotatable bonds is 4. The number of nitrogens with one attached hydrogen (secondary N) is 1. The first-order valence-electron chi connectivity index (χ1n) is 7.72. The summed E-state index contributed by atoms with van der Waals surface area (Å²) in [4.78, 5) is 25.7. The van der Waals surface area contributed by atoms with Gasteiger partial charge in [-0.05, 0) is 33.1 Å². The number of carbonyl (C=O) groups is 1. The number of hydrogen-bond acceptors (Lipinski definition) is 6. The van der Waals surface area contributed by atoms with Gasteiger partial charge in [-0.3, -0.25) is 4.79 Å². The van der Waals surface area contributed by atoms with E-state index in [-0.39, 0.29) is 11.5 Å². The zero-order valence-electron chi connectivity index (χ0n) is 13.3. The molecule has 0 spiro atoms. The third-order valence-electron chi connectivity index (χ3n) is 4.05. The van der Waals surface area contributed by atoms with Crippen LogP contribution in [0.2, 0.25) is 0 Å². The van der Waals surface area contributed by atoms with E-state index in [4.69, 9.17) is 4.74 Å². The van der Waals surface area contributed by atoms with Crippen molar-refractivity contribution in [2.75, 3.05) is 6.61 Å². The van der Waals surface area contributed by atoms with Crippen LogP contribution in [-0.2, 0) is 16.9 Å². The average Bonchev–Trinajstić information content (AvgIpc) is 3.00. The van der Waals surface area contributed by atoms with Gasteiger partial charge in [0, 0.05) is 31.1 Å². The lowest BCUT2D eigenvalue weighted by molar-refractivity contribution is -0.0760. The first kappa shape index (κ1) is 16.0. The molecule has 23 heavy (non-hydrogen) atoms. The van der Waals surface area contributed by atoms with E-state index in [0.29, 0.717) is 17.2 Å². The van der Waals surface area contributed by atoms with Crippen molar-refractivity contribution in [1.29, 1.82) is 0 Å². The number of thiazole rings is 1. The van der Waals surface area contributed by atoms with Crippen LogP contribution in [-0.4, -0.2) is 27.5 Å². The van der Waals surface area contributed by atoms with Crippen molar-refractivity contribution >= 4 is 17.2 Å². The molecule has 2 aromatic rings. The van der Waals surface area contributed by atoms with Crippen LogP contribution in [0.5, 0.6) is 0 Å². The summed E-state index contributed by atoms with van der Waals surface area (Å²) in [6.07, 6.45) is 6.67. The zero-order valence-corrected chi connectivity index (χ0v) is 14.2. The molecule has 3 heterocycles. The number of nitrogens with zero attached hydrogens (tertiary/aromatic N) is 3. The highest BCUT2D eigenvalue weighted by molar-refractivity contribution is 7.11. The predicted octanol–water partition coefficient (Wildman–Crippen LogP) is 2.59. The monoisotopic (exact) mass is 332 g/mol. The Morgan fingerprint density at radius 1 is 1.35 bits per heavy atom. The van der Waals surface area contributed by atoms with E-state index in [9.17, 15) is 4.79 Å². The van der Waals surface area contributed by atoms with Crippen molar-refractivity contribution in [3.05, 3.63) is 39.9 Å². The minimum atomic E-state index is -0.389. The molecule has 0 radical (unpaired) electrons. The molecule has 1 amide bonds. The number of amides is 1. The summed E-state index contributed by atoms with van der Waals surface area (Å²) in [5.74, 6) is 0.599. The van der Waals surface area contributed by atoms with Crippen LogP contribution < -0.4 is 5.32 Å². The Kier molecular flexibility index (Phi) is 4.68. The van der Waals surface area contributed by atoms with Crippen molar-refractivity contribution in [3.8, 4) is 0 Å². The Hall–Kier alpha value is -1.86. The number of carbonyl (C=O) groups excluding carboxylic acids is 1. The molecule has 122 valence electrons. The maximum absolute atomic E-state index is 12.1. The molecule has 1 aliphatic rings. The first-order chi connectivity index (χ1) is 11.1. The van der Waals surface area contributed by atoms with Gasteiger partial charge in [-0.1, -0.05) is 0 Å². The molecule has 0 aromatic carbocycles. The highest BCUT2D eigenvalue weighted by Gasteiger charge is 2.32. The van der Waals surface area contributed by atoms with Crippen molar-refractivity contribution in [3.63, 3.8) is 0 Å². The summed E-state index contributed by atoms with van der Waals surface area (Å²) in [6.45, 7) is 5.02. The molecule has 1 aliphatic heterocycles. The summed E-state index contributed by atoms with van der Waals surface area (Å²) in [6, 6.07) is 0. The van der Waals surface area contributed by atoms with Gasteiger partial charge in [-0.25, -0.2) is 15.0 Å². The van der Waals surface area contributed by atoms with Gasteiger partial charge >= 0.3 is 0 Å². The van der Waals surface area contributed by atoms with E-state index in [1.54, 1.807) is 17.9 Å². The lowest BCUT2D eigenvalue weighted by Gasteiger charge is -2.32. The summed E-state index contributed by atoms with van der Waals surface area (Å²) in [5.41, 5.74) is 2.90. The molecule has 3 rings (SSSR count). The molecule has 6 nitrogen and oxygen atoms in total. The summed E-state index contributed by atoms with van der Waals surface area (Å²) >= 11 is 1.34. The molecular formula is C16H20N4O2S. The summed E-state index contributed by atoms with van der Waals surface area (Å²) < 4.78 is 5.85. The summed E-state index contributed by atoms with van der Waals surface area (Å²) in [7, 11) is 0. The summed E-state index contributed by atoms with van der Waals surface area (Å²) in [5, 5.41) is 2.87. The lowest BCUT2D eigenvalue weighted by Crippen LogP contribution is -2.32. The van der Waals surface area contributed by atoms with Gasteiger partial charge in [0.05, 0.1) is 11.2 Å². The molecular weight excluding hydrogens is 312 g/mol. The third kappa shape index (κ3) is 3.56. The second-order valence-electron chi connectivity index (χ2n) is 5.90. The normalized spacial score (nSPS) is 21.1. The highest BCUT2D eigenvalue weighted by atomic mass is 32.1. The van der Waals surface area contributed by atoms with Crippen LogP contribution in [0.3, 0.4) is 0 Å². The van der Waals surface area contributed by atoms with Crippen LogP contribution >= 0.6 is 11.3 Å². The van der Waals surface area contributed by atoms with Gasteiger partial charge < -0.3 is 10.1 Å². The van der Waals surface area contributed by atoms with Crippen LogP contribution in [0.4, 0.5) is 0 Å². The Morgan fingerprint density at radius 2 is 2.13 bits per heavy atom. The Balaban J connectivity index is 1.61. The van der Waals surface area contributed by atoms with Crippen LogP contribution in [0.25, 0.3) is 0 Å². The third-order valence-corrected chi connectivity index (χ3v) is 4.98. The van der Waals surface area contributed by atoms with E-state index >= 15 is 0 Å². The van der Waals surface area contributed by atoms with Gasteiger partial charge in [0.1, 0.15) is 10.5 Å². The van der Waals surface area contributed by atoms with Crippen molar-refractivity contribution in [2.45, 2.75) is 45.3 Å². The van der Waals surface area contributed by atoms with Crippen molar-refractivity contribution in [1.82, 2.24) is 20.3 Å². The molecule has 1 fully saturated rings. The zero-order chi connectivity index (χ0) is 16.3. The van der Waals surface area contributed by atoms with E-state index in [0.717, 1.165) is 37.1 Å². The SMILES string of the molecule is Cc1ncsc1C(=O)NCc1cnc([C@]2(C)CCCCO2)nc1. The highest BCUT2D eigenvalue weighted by Crippen LogP contribution is 2.32. The second-order valence-corrected chi connectivity index (χ2v) is 6.76. The van der Waals surface area contributed by atoms with E-state index in [1.165, 1.54) is 11.3 Å². The fourth-order valence-electron chi connectivity index (χ4n) is 2.61.